The summed E-state index contributed by atoms with van der Waals surface area (Å²) in [5, 5.41) is 1.53. The molecular formula is C23H21ClN4O2S. The van der Waals surface area contributed by atoms with E-state index in [1.807, 2.05) is 49.5 Å². The van der Waals surface area contributed by atoms with Crippen molar-refractivity contribution in [2.24, 2.45) is 0 Å². The zero-order valence-corrected chi connectivity index (χ0v) is 18.7. The number of halogens is 1. The summed E-state index contributed by atoms with van der Waals surface area (Å²) in [4.78, 5) is 21.2. The first-order valence-electron chi connectivity index (χ1n) is 9.76. The number of rotatable bonds is 7. The topological polar surface area (TPSA) is 69.0 Å². The highest BCUT2D eigenvalue weighted by molar-refractivity contribution is 7.97. The summed E-state index contributed by atoms with van der Waals surface area (Å²) in [7, 11) is 1.60. The van der Waals surface area contributed by atoms with Gasteiger partial charge in [-0.3, -0.25) is 14.5 Å². The Labute approximate surface area is 189 Å². The van der Waals surface area contributed by atoms with E-state index < -0.39 is 0 Å². The molecule has 0 aliphatic rings. The number of nitrogens with zero attached hydrogens (tertiary/aromatic N) is 3. The number of carbonyl (C=O) groups is 1. The maximum Gasteiger partial charge on any atom is 0.279 e. The van der Waals surface area contributed by atoms with Crippen molar-refractivity contribution >= 4 is 40.4 Å². The fourth-order valence-electron chi connectivity index (χ4n) is 3.39. The molecule has 3 aromatic heterocycles. The molecule has 0 fully saturated rings. The summed E-state index contributed by atoms with van der Waals surface area (Å²) < 4.78 is 10.3. The molecule has 0 saturated heterocycles. The molecule has 0 atom stereocenters. The van der Waals surface area contributed by atoms with Crippen LogP contribution in [0, 0.1) is 0 Å². The van der Waals surface area contributed by atoms with Gasteiger partial charge in [-0.15, -0.1) is 0 Å². The van der Waals surface area contributed by atoms with Crippen molar-refractivity contribution in [3.8, 4) is 17.0 Å². The van der Waals surface area contributed by atoms with Crippen LogP contribution in [0.4, 0.5) is 0 Å². The minimum Gasteiger partial charge on any atom is -0.495 e. The largest absolute Gasteiger partial charge is 0.495 e. The zero-order chi connectivity index (χ0) is 21.8. The molecule has 0 saturated carbocycles. The van der Waals surface area contributed by atoms with E-state index >= 15 is 0 Å². The van der Waals surface area contributed by atoms with Crippen LogP contribution >= 0.6 is 23.5 Å². The third-order valence-corrected chi connectivity index (χ3v) is 5.71. The number of amides is 1. The van der Waals surface area contributed by atoms with Crippen LogP contribution in [0.15, 0.2) is 60.9 Å². The number of ether oxygens (including phenoxy) is 1. The molecule has 3 heterocycles. The third kappa shape index (κ3) is 4.52. The van der Waals surface area contributed by atoms with Gasteiger partial charge >= 0.3 is 0 Å². The highest BCUT2D eigenvalue weighted by atomic mass is 35.5. The molecule has 31 heavy (non-hydrogen) atoms. The molecule has 0 radical (unpaired) electrons. The van der Waals surface area contributed by atoms with Gasteiger partial charge in [-0.05, 0) is 42.5 Å². The summed E-state index contributed by atoms with van der Waals surface area (Å²) in [5.41, 5.74) is 4.05. The van der Waals surface area contributed by atoms with Gasteiger partial charge in [0.05, 0.1) is 35.6 Å². The second kappa shape index (κ2) is 9.41. The Kier molecular flexibility index (Phi) is 6.44. The van der Waals surface area contributed by atoms with Crippen molar-refractivity contribution in [1.82, 2.24) is 19.3 Å². The van der Waals surface area contributed by atoms with Gasteiger partial charge in [-0.25, -0.2) is 4.98 Å². The van der Waals surface area contributed by atoms with Crippen molar-refractivity contribution in [3.63, 3.8) is 0 Å². The highest BCUT2D eigenvalue weighted by Gasteiger charge is 2.16. The van der Waals surface area contributed by atoms with E-state index in [2.05, 4.69) is 25.3 Å². The van der Waals surface area contributed by atoms with E-state index in [1.54, 1.807) is 19.4 Å². The van der Waals surface area contributed by atoms with Crippen LogP contribution < -0.4 is 9.46 Å². The average molecular weight is 453 g/mol. The van der Waals surface area contributed by atoms with Gasteiger partial charge in [0, 0.05) is 29.1 Å². The second-order valence-electron chi connectivity index (χ2n) is 6.78. The molecule has 6 nitrogen and oxygen atoms in total. The molecule has 8 heteroatoms. The minimum atomic E-state index is -0.202. The van der Waals surface area contributed by atoms with Crippen molar-refractivity contribution in [2.75, 3.05) is 12.9 Å². The van der Waals surface area contributed by atoms with Gasteiger partial charge in [0.15, 0.2) is 0 Å². The predicted molar refractivity (Wildman–Crippen MR) is 126 cm³/mol. The minimum absolute atomic E-state index is 0.202. The van der Waals surface area contributed by atoms with Crippen LogP contribution in [-0.4, -0.2) is 33.3 Å². The van der Waals surface area contributed by atoms with Gasteiger partial charge in [-0.1, -0.05) is 36.5 Å². The fourth-order valence-corrected chi connectivity index (χ4v) is 4.00. The Balaban J connectivity index is 1.79. The summed E-state index contributed by atoms with van der Waals surface area (Å²) in [5.74, 6) is 1.21. The normalized spacial score (nSPS) is 10.9. The van der Waals surface area contributed by atoms with Crippen molar-refractivity contribution in [2.45, 2.75) is 13.5 Å². The van der Waals surface area contributed by atoms with Crippen LogP contribution in [0.1, 0.15) is 23.1 Å². The smallest absolute Gasteiger partial charge is 0.279 e. The van der Waals surface area contributed by atoms with Gasteiger partial charge < -0.3 is 9.30 Å². The quantitative estimate of drug-likeness (QED) is 0.390. The number of nitrogens with one attached hydrogen (secondary N) is 1. The summed E-state index contributed by atoms with van der Waals surface area (Å²) in [6, 6.07) is 15.3. The fraction of sp³-hybridized carbons (Fsp3) is 0.174. The number of hydrogen-bond acceptors (Lipinski definition) is 5. The number of methoxy groups -OCH3 is 1. The standard InChI is InChI=1S/C23H21ClN4O2S/c1-3-31-27-23(29)19-8-4-7-17(26-19)14-28-20(15-6-5-9-25-13-15)10-16-11-22(30-2)18(24)12-21(16)28/h4-13H,3,14H2,1-2H3,(H,27,29). The molecule has 0 aliphatic heterocycles. The number of pyridine rings is 2. The summed E-state index contributed by atoms with van der Waals surface area (Å²) >= 11 is 7.78. The SMILES string of the molecule is CCSNC(=O)c1cccc(Cn2c(-c3cccnc3)cc3cc(OC)c(Cl)cc32)n1. The lowest BCUT2D eigenvalue weighted by Gasteiger charge is -2.12. The first-order chi connectivity index (χ1) is 15.1. The van der Waals surface area contributed by atoms with E-state index in [0.717, 1.165) is 33.6 Å². The highest BCUT2D eigenvalue weighted by Crippen LogP contribution is 2.35. The molecule has 4 rings (SSSR count). The maximum absolute atomic E-state index is 12.3. The Morgan fingerprint density at radius 2 is 2.10 bits per heavy atom. The van der Waals surface area contributed by atoms with E-state index in [1.165, 1.54) is 11.9 Å². The van der Waals surface area contributed by atoms with Crippen LogP contribution in [0.25, 0.3) is 22.2 Å². The number of carbonyl (C=O) groups excluding carboxylic acids is 1. The first-order valence-corrected chi connectivity index (χ1v) is 11.1. The van der Waals surface area contributed by atoms with Crippen molar-refractivity contribution in [3.05, 3.63) is 77.3 Å². The number of fused-ring (bicyclic) bond motifs is 1. The molecule has 1 amide bonds. The Hall–Kier alpha value is -3.03. The molecule has 0 bridgehead atoms. The lowest BCUT2D eigenvalue weighted by Crippen LogP contribution is -2.18. The molecule has 0 aliphatic carbocycles. The Morgan fingerprint density at radius 1 is 1.23 bits per heavy atom. The number of hydrogen-bond donors (Lipinski definition) is 1. The lowest BCUT2D eigenvalue weighted by molar-refractivity contribution is 0.0979. The molecule has 158 valence electrons. The van der Waals surface area contributed by atoms with E-state index in [9.17, 15) is 4.79 Å². The Bertz CT molecular complexity index is 1230. The zero-order valence-electron chi connectivity index (χ0n) is 17.1. The number of aromatic nitrogens is 3. The van der Waals surface area contributed by atoms with Crippen LogP contribution in [0.3, 0.4) is 0 Å². The first kappa shape index (κ1) is 21.2. The predicted octanol–water partition coefficient (Wildman–Crippen LogP) is 5.21. The van der Waals surface area contributed by atoms with Crippen molar-refractivity contribution in [1.29, 1.82) is 0 Å². The maximum atomic E-state index is 12.3. The van der Waals surface area contributed by atoms with E-state index in [-0.39, 0.29) is 5.91 Å². The molecule has 0 unspecified atom stereocenters. The van der Waals surface area contributed by atoms with Gasteiger partial charge in [-0.2, -0.15) is 0 Å². The van der Waals surface area contributed by atoms with Gasteiger partial charge in [0.25, 0.3) is 5.91 Å². The summed E-state index contributed by atoms with van der Waals surface area (Å²) in [6.07, 6.45) is 3.57. The van der Waals surface area contributed by atoms with Gasteiger partial charge in [0.2, 0.25) is 0 Å². The molecule has 1 N–H and O–H groups in total. The molecule has 1 aromatic carbocycles. The molecular weight excluding hydrogens is 432 g/mol. The third-order valence-electron chi connectivity index (χ3n) is 4.80. The Morgan fingerprint density at radius 3 is 2.84 bits per heavy atom. The van der Waals surface area contributed by atoms with Crippen LogP contribution in [0.5, 0.6) is 5.75 Å². The molecule has 4 aromatic rings. The monoisotopic (exact) mass is 452 g/mol. The second-order valence-corrected chi connectivity index (χ2v) is 8.26. The molecule has 0 spiro atoms. The van der Waals surface area contributed by atoms with E-state index in [0.29, 0.717) is 23.0 Å². The summed E-state index contributed by atoms with van der Waals surface area (Å²) in [6.45, 7) is 2.45. The number of benzene rings is 1. The average Bonchev–Trinajstić information content (AvgIpc) is 3.14. The van der Waals surface area contributed by atoms with Gasteiger partial charge in [0.1, 0.15) is 11.4 Å². The van der Waals surface area contributed by atoms with Crippen LogP contribution in [0.2, 0.25) is 5.02 Å². The van der Waals surface area contributed by atoms with Crippen molar-refractivity contribution < 1.29 is 9.53 Å². The lowest BCUT2D eigenvalue weighted by atomic mass is 10.2. The van der Waals surface area contributed by atoms with Crippen LogP contribution in [-0.2, 0) is 6.54 Å². The van der Waals surface area contributed by atoms with E-state index in [4.69, 9.17) is 16.3 Å².